The smallest absolute Gasteiger partial charge is 0.410 e. The van der Waals surface area contributed by atoms with Crippen LogP contribution in [-0.2, 0) is 20.0 Å². The van der Waals surface area contributed by atoms with Crippen molar-refractivity contribution in [3.8, 4) is 0 Å². The number of nitrogens with zero attached hydrogens (tertiary/aromatic N) is 4. The lowest BCUT2D eigenvalue weighted by atomic mass is 9.88. The van der Waals surface area contributed by atoms with E-state index in [9.17, 15) is 9.18 Å². The maximum atomic E-state index is 14.7. The highest BCUT2D eigenvalue weighted by molar-refractivity contribution is 7.10. The molecule has 4 rings (SSSR count). The highest BCUT2D eigenvalue weighted by atomic mass is 32.1. The van der Waals surface area contributed by atoms with Crippen molar-refractivity contribution in [2.75, 3.05) is 19.7 Å². The zero-order chi connectivity index (χ0) is 25.1. The van der Waals surface area contributed by atoms with Crippen molar-refractivity contribution >= 4 is 29.4 Å². The molecule has 8 nitrogen and oxygen atoms in total. The number of likely N-dealkylation sites (tertiary alicyclic amines) is 1. The fourth-order valence-electron chi connectivity index (χ4n) is 4.20. The van der Waals surface area contributed by atoms with Gasteiger partial charge in [-0.15, -0.1) is 11.3 Å². The Morgan fingerprint density at radius 3 is 2.77 bits per heavy atom. The van der Waals surface area contributed by atoms with Crippen molar-refractivity contribution in [1.82, 2.24) is 9.88 Å². The number of rotatable bonds is 6. The number of carbonyl (C=O) groups is 1. The number of hydrogen-bond donors (Lipinski definition) is 0. The standard InChI is InChI=1S/C25H31FN4O4S/c1-5-27-32-16-25(18-8-6-7-9-19(18)26)14-20(29-34-25)21-15-35-22(28-21)17-10-12-30(13-11-17)23(31)33-24(2,3)4/h5-9,15,17H,10-14,16H2,1-4H3/b27-5+. The third-order valence-corrected chi connectivity index (χ3v) is 6.95. The number of oxime groups is 2. The number of thiazole rings is 1. The Labute approximate surface area is 208 Å². The Morgan fingerprint density at radius 1 is 1.34 bits per heavy atom. The summed E-state index contributed by atoms with van der Waals surface area (Å²) < 4.78 is 20.2. The summed E-state index contributed by atoms with van der Waals surface area (Å²) in [6.45, 7) is 8.62. The number of aromatic nitrogens is 1. The highest BCUT2D eigenvalue weighted by Crippen LogP contribution is 2.39. The molecule has 0 spiro atoms. The third-order valence-electron chi connectivity index (χ3n) is 5.94. The van der Waals surface area contributed by atoms with Gasteiger partial charge in [0.05, 0.1) is 10.7 Å². The van der Waals surface area contributed by atoms with Crippen LogP contribution in [0.25, 0.3) is 0 Å². The van der Waals surface area contributed by atoms with E-state index in [0.29, 0.717) is 30.8 Å². The van der Waals surface area contributed by atoms with Crippen LogP contribution in [0.3, 0.4) is 0 Å². The van der Waals surface area contributed by atoms with Gasteiger partial charge < -0.3 is 19.3 Å². The molecule has 188 valence electrons. The summed E-state index contributed by atoms with van der Waals surface area (Å²) in [5.74, 6) is -0.127. The Hall–Kier alpha value is -3.01. The minimum Gasteiger partial charge on any atom is -0.444 e. The molecule has 1 amide bonds. The molecule has 10 heteroatoms. The average Bonchev–Trinajstić information content (AvgIpc) is 3.47. The van der Waals surface area contributed by atoms with Crippen LogP contribution in [0.1, 0.15) is 69.1 Å². The van der Waals surface area contributed by atoms with Crippen LogP contribution >= 0.6 is 11.3 Å². The Bertz CT molecular complexity index is 1100. The molecule has 1 unspecified atom stereocenters. The molecule has 1 saturated heterocycles. The molecule has 1 atom stereocenters. The van der Waals surface area contributed by atoms with Gasteiger partial charge in [0.2, 0.25) is 5.60 Å². The van der Waals surface area contributed by atoms with Gasteiger partial charge in [0.25, 0.3) is 0 Å². The van der Waals surface area contributed by atoms with E-state index < -0.39 is 11.2 Å². The van der Waals surface area contributed by atoms with Crippen LogP contribution in [0.4, 0.5) is 9.18 Å². The second kappa shape index (κ2) is 10.3. The van der Waals surface area contributed by atoms with Crippen LogP contribution in [-0.4, -0.2) is 53.2 Å². The zero-order valence-electron chi connectivity index (χ0n) is 20.5. The topological polar surface area (TPSA) is 85.6 Å². The van der Waals surface area contributed by atoms with E-state index in [2.05, 4.69) is 10.3 Å². The van der Waals surface area contributed by atoms with Gasteiger partial charge in [-0.2, -0.15) is 0 Å². The first-order chi connectivity index (χ1) is 16.7. The molecule has 2 aliphatic rings. The largest absolute Gasteiger partial charge is 0.444 e. The van der Waals surface area contributed by atoms with Gasteiger partial charge in [-0.05, 0) is 46.6 Å². The fourth-order valence-corrected chi connectivity index (χ4v) is 5.20. The van der Waals surface area contributed by atoms with Crippen molar-refractivity contribution in [3.05, 3.63) is 51.7 Å². The van der Waals surface area contributed by atoms with Crippen molar-refractivity contribution in [2.24, 2.45) is 10.3 Å². The summed E-state index contributed by atoms with van der Waals surface area (Å²) in [6, 6.07) is 6.47. The summed E-state index contributed by atoms with van der Waals surface area (Å²) in [5, 5.41) is 11.0. The lowest BCUT2D eigenvalue weighted by Gasteiger charge is -2.32. The summed E-state index contributed by atoms with van der Waals surface area (Å²) in [4.78, 5) is 30.1. The Balaban J connectivity index is 1.43. The van der Waals surface area contributed by atoms with E-state index in [-0.39, 0.29) is 24.4 Å². The molecule has 0 N–H and O–H groups in total. The first-order valence-corrected chi connectivity index (χ1v) is 12.6. The molecule has 35 heavy (non-hydrogen) atoms. The SMILES string of the molecule is C/C=N/OCC1(c2ccccc2F)CC(c2csc(C3CCN(C(=O)OC(C)(C)C)CC3)n2)=NO1. The van der Waals surface area contributed by atoms with Crippen molar-refractivity contribution in [2.45, 2.75) is 64.1 Å². The number of piperidine rings is 1. The fraction of sp³-hybridized carbons (Fsp3) is 0.520. The summed E-state index contributed by atoms with van der Waals surface area (Å²) in [7, 11) is 0. The maximum Gasteiger partial charge on any atom is 0.410 e. The Kier molecular flexibility index (Phi) is 7.39. The molecule has 0 aliphatic carbocycles. The lowest BCUT2D eigenvalue weighted by molar-refractivity contribution is -0.0851. The Morgan fingerprint density at radius 2 is 2.09 bits per heavy atom. The van der Waals surface area contributed by atoms with Crippen LogP contribution < -0.4 is 0 Å². The molecule has 0 radical (unpaired) electrons. The van der Waals surface area contributed by atoms with Gasteiger partial charge in [0, 0.05) is 42.6 Å². The molecule has 1 aromatic carbocycles. The van der Waals surface area contributed by atoms with Crippen LogP contribution in [0.5, 0.6) is 0 Å². The molecule has 1 aromatic heterocycles. The van der Waals surface area contributed by atoms with E-state index in [1.807, 2.05) is 26.2 Å². The molecule has 3 heterocycles. The van der Waals surface area contributed by atoms with E-state index in [0.717, 1.165) is 23.5 Å². The number of carbonyl (C=O) groups excluding carboxylic acids is 1. The van der Waals surface area contributed by atoms with Crippen LogP contribution in [0, 0.1) is 5.82 Å². The number of benzene rings is 1. The quantitative estimate of drug-likeness (QED) is 0.388. The minimum absolute atomic E-state index is 0.0192. The van der Waals surface area contributed by atoms with Gasteiger partial charge in [-0.1, -0.05) is 28.5 Å². The van der Waals surface area contributed by atoms with Gasteiger partial charge in [0.15, 0.2) is 6.61 Å². The van der Waals surface area contributed by atoms with Gasteiger partial charge in [-0.3, -0.25) is 0 Å². The number of halogens is 1. The summed E-state index contributed by atoms with van der Waals surface area (Å²) in [5.41, 5.74) is 0.113. The molecule has 0 saturated carbocycles. The van der Waals surface area contributed by atoms with E-state index in [4.69, 9.17) is 19.4 Å². The lowest BCUT2D eigenvalue weighted by Crippen LogP contribution is -2.41. The number of amides is 1. The maximum absolute atomic E-state index is 14.7. The van der Waals surface area contributed by atoms with Crippen molar-refractivity contribution < 1.29 is 23.6 Å². The number of ether oxygens (including phenoxy) is 1. The minimum atomic E-state index is -1.12. The molecule has 0 bridgehead atoms. The van der Waals surface area contributed by atoms with Crippen LogP contribution in [0.2, 0.25) is 0 Å². The first kappa shape index (κ1) is 25.1. The number of hydrogen-bond acceptors (Lipinski definition) is 8. The van der Waals surface area contributed by atoms with Crippen molar-refractivity contribution in [3.63, 3.8) is 0 Å². The van der Waals surface area contributed by atoms with E-state index in [1.165, 1.54) is 12.3 Å². The molecular formula is C25H31FN4O4S. The monoisotopic (exact) mass is 502 g/mol. The zero-order valence-corrected chi connectivity index (χ0v) is 21.3. The summed E-state index contributed by atoms with van der Waals surface area (Å²) >= 11 is 1.57. The highest BCUT2D eigenvalue weighted by Gasteiger charge is 2.45. The predicted octanol–water partition coefficient (Wildman–Crippen LogP) is 5.44. The molecule has 2 aromatic rings. The second-order valence-electron chi connectivity index (χ2n) is 9.73. The molecule has 2 aliphatic heterocycles. The van der Waals surface area contributed by atoms with Gasteiger partial charge >= 0.3 is 6.09 Å². The van der Waals surface area contributed by atoms with E-state index >= 15 is 0 Å². The third kappa shape index (κ3) is 5.80. The van der Waals surface area contributed by atoms with Crippen LogP contribution in [0.15, 0.2) is 40.0 Å². The van der Waals surface area contributed by atoms with Crippen molar-refractivity contribution in [1.29, 1.82) is 0 Å². The predicted molar refractivity (Wildman–Crippen MR) is 132 cm³/mol. The molecular weight excluding hydrogens is 471 g/mol. The normalized spacial score (nSPS) is 21.2. The van der Waals surface area contributed by atoms with E-state index in [1.54, 1.807) is 41.4 Å². The summed E-state index contributed by atoms with van der Waals surface area (Å²) in [6.07, 6.45) is 3.20. The van der Waals surface area contributed by atoms with Gasteiger partial charge in [0.1, 0.15) is 17.1 Å². The van der Waals surface area contributed by atoms with Gasteiger partial charge in [-0.25, -0.2) is 14.2 Å². The first-order valence-electron chi connectivity index (χ1n) is 11.7. The second-order valence-corrected chi connectivity index (χ2v) is 10.6. The molecule has 1 fully saturated rings. The average molecular weight is 503 g/mol.